The van der Waals surface area contributed by atoms with Crippen LogP contribution in [-0.2, 0) is 10.0 Å². The second-order valence-electron chi connectivity index (χ2n) is 5.90. The molecule has 1 fully saturated rings. The summed E-state index contributed by atoms with van der Waals surface area (Å²) < 4.78 is 39.9. The largest absolute Gasteiger partial charge is 0.338 e. The predicted octanol–water partition coefficient (Wildman–Crippen LogP) is 1.50. The Morgan fingerprint density at radius 3 is 2.39 bits per heavy atom. The number of nitrogens with one attached hydrogen (secondary N) is 1. The zero-order chi connectivity index (χ0) is 17.0. The van der Waals surface area contributed by atoms with E-state index in [-0.39, 0.29) is 37.1 Å². The Hall–Kier alpha value is -1.67. The molecule has 0 aromatic heterocycles. The van der Waals surface area contributed by atoms with E-state index in [0.29, 0.717) is 12.5 Å². The van der Waals surface area contributed by atoms with Gasteiger partial charge in [-0.2, -0.15) is 4.31 Å². The minimum Gasteiger partial charge on any atom is -0.338 e. The first-order valence-corrected chi connectivity index (χ1v) is 9.04. The number of rotatable bonds is 4. The van der Waals surface area contributed by atoms with Crippen molar-refractivity contribution in [1.29, 1.82) is 0 Å². The van der Waals surface area contributed by atoms with Crippen LogP contribution in [0.5, 0.6) is 0 Å². The van der Waals surface area contributed by atoms with Gasteiger partial charge in [0.25, 0.3) is 0 Å². The maximum absolute atomic E-state index is 13.7. The molecular weight excluding hydrogens is 321 g/mol. The van der Waals surface area contributed by atoms with Crippen LogP contribution in [0.3, 0.4) is 0 Å². The van der Waals surface area contributed by atoms with Crippen molar-refractivity contribution in [2.24, 2.45) is 5.92 Å². The van der Waals surface area contributed by atoms with Crippen LogP contribution >= 0.6 is 0 Å². The first kappa shape index (κ1) is 17.7. The smallest absolute Gasteiger partial charge is 0.317 e. The Balaban J connectivity index is 1.99. The Bertz CT molecular complexity index is 656. The van der Waals surface area contributed by atoms with E-state index in [4.69, 9.17) is 0 Å². The third-order valence-corrected chi connectivity index (χ3v) is 5.57. The molecule has 0 bridgehead atoms. The van der Waals surface area contributed by atoms with Gasteiger partial charge in [-0.25, -0.2) is 17.6 Å². The summed E-state index contributed by atoms with van der Waals surface area (Å²) in [5, 5.41) is 2.81. The lowest BCUT2D eigenvalue weighted by Crippen LogP contribution is -2.53. The van der Waals surface area contributed by atoms with E-state index < -0.39 is 15.8 Å². The average Bonchev–Trinajstić information content (AvgIpc) is 2.53. The number of piperazine rings is 1. The van der Waals surface area contributed by atoms with E-state index >= 15 is 0 Å². The number of carbonyl (C=O) groups excluding carboxylic acids is 1. The topological polar surface area (TPSA) is 69.7 Å². The zero-order valence-electron chi connectivity index (χ0n) is 13.3. The van der Waals surface area contributed by atoms with Gasteiger partial charge in [-0.05, 0) is 18.1 Å². The number of urea groups is 1. The summed E-state index contributed by atoms with van der Waals surface area (Å²) >= 11 is 0. The highest BCUT2D eigenvalue weighted by atomic mass is 32.2. The van der Waals surface area contributed by atoms with Gasteiger partial charge in [-0.3, -0.25) is 0 Å². The highest BCUT2D eigenvalue weighted by molar-refractivity contribution is 7.89. The second kappa shape index (κ2) is 7.27. The molecule has 1 aromatic rings. The first-order chi connectivity index (χ1) is 10.8. The van der Waals surface area contributed by atoms with Crippen LogP contribution in [0, 0.1) is 11.7 Å². The fourth-order valence-corrected chi connectivity index (χ4v) is 3.81. The molecule has 1 N–H and O–H groups in total. The molecular formula is C15H22FN3O3S. The van der Waals surface area contributed by atoms with Crippen LogP contribution in [0.4, 0.5) is 9.18 Å². The van der Waals surface area contributed by atoms with Gasteiger partial charge in [0.15, 0.2) is 0 Å². The van der Waals surface area contributed by atoms with E-state index in [9.17, 15) is 17.6 Å². The van der Waals surface area contributed by atoms with E-state index in [1.807, 2.05) is 13.8 Å². The van der Waals surface area contributed by atoms with E-state index in [1.54, 1.807) is 4.90 Å². The third kappa shape index (κ3) is 4.20. The number of sulfonamides is 1. The minimum absolute atomic E-state index is 0.158. The molecule has 8 heteroatoms. The summed E-state index contributed by atoms with van der Waals surface area (Å²) in [6, 6.07) is 5.13. The molecule has 0 atom stereocenters. The summed E-state index contributed by atoms with van der Waals surface area (Å²) in [4.78, 5) is 13.2. The number of nitrogens with zero attached hydrogens (tertiary/aromatic N) is 2. The molecule has 0 spiro atoms. The monoisotopic (exact) mass is 343 g/mol. The molecule has 128 valence electrons. The van der Waals surface area contributed by atoms with Crippen LogP contribution < -0.4 is 5.32 Å². The molecule has 1 heterocycles. The SMILES string of the molecule is CC(C)CNC(=O)N1CCN(S(=O)(=O)c2ccccc2F)CC1. The number of hydrogen-bond donors (Lipinski definition) is 1. The van der Waals surface area contributed by atoms with Gasteiger partial charge in [0.1, 0.15) is 10.7 Å². The Morgan fingerprint density at radius 2 is 1.83 bits per heavy atom. The van der Waals surface area contributed by atoms with Gasteiger partial charge in [-0.15, -0.1) is 0 Å². The summed E-state index contributed by atoms with van der Waals surface area (Å²) in [6.07, 6.45) is 0. The van der Waals surface area contributed by atoms with Crippen molar-refractivity contribution in [3.8, 4) is 0 Å². The summed E-state index contributed by atoms with van der Waals surface area (Å²) in [5.41, 5.74) is 0. The molecule has 0 radical (unpaired) electrons. The molecule has 1 aliphatic heterocycles. The molecule has 0 unspecified atom stereocenters. The van der Waals surface area contributed by atoms with Crippen molar-refractivity contribution in [2.75, 3.05) is 32.7 Å². The third-order valence-electron chi connectivity index (χ3n) is 3.64. The minimum atomic E-state index is -3.87. The summed E-state index contributed by atoms with van der Waals surface area (Å²) in [6.45, 7) is 5.47. The Kier molecular flexibility index (Phi) is 5.59. The van der Waals surface area contributed by atoms with Gasteiger partial charge in [0.05, 0.1) is 0 Å². The van der Waals surface area contributed by atoms with Gasteiger partial charge in [0, 0.05) is 32.7 Å². The molecule has 1 aliphatic rings. The fourth-order valence-electron chi connectivity index (χ4n) is 2.33. The van der Waals surface area contributed by atoms with Crippen molar-refractivity contribution in [1.82, 2.24) is 14.5 Å². The highest BCUT2D eigenvalue weighted by Crippen LogP contribution is 2.20. The predicted molar refractivity (Wildman–Crippen MR) is 85.0 cm³/mol. The number of halogens is 1. The normalized spacial score (nSPS) is 16.6. The maximum Gasteiger partial charge on any atom is 0.317 e. The van der Waals surface area contributed by atoms with Gasteiger partial charge in [-0.1, -0.05) is 26.0 Å². The Labute approximate surface area is 136 Å². The number of amides is 2. The second-order valence-corrected chi connectivity index (χ2v) is 7.81. The Morgan fingerprint density at radius 1 is 1.22 bits per heavy atom. The number of benzene rings is 1. The van der Waals surface area contributed by atoms with Crippen LogP contribution in [0.15, 0.2) is 29.2 Å². The van der Waals surface area contributed by atoms with Crippen LogP contribution in [0.2, 0.25) is 0 Å². The molecule has 2 amide bonds. The molecule has 0 saturated carbocycles. The highest BCUT2D eigenvalue weighted by Gasteiger charge is 2.31. The van der Waals surface area contributed by atoms with Gasteiger partial charge < -0.3 is 10.2 Å². The maximum atomic E-state index is 13.7. The number of hydrogen-bond acceptors (Lipinski definition) is 3. The van der Waals surface area contributed by atoms with Crippen molar-refractivity contribution < 1.29 is 17.6 Å². The van der Waals surface area contributed by atoms with Crippen LogP contribution in [0.1, 0.15) is 13.8 Å². The zero-order valence-corrected chi connectivity index (χ0v) is 14.1. The standard InChI is InChI=1S/C15H22FN3O3S/c1-12(2)11-17-15(20)18-7-9-19(10-8-18)23(21,22)14-6-4-3-5-13(14)16/h3-6,12H,7-11H2,1-2H3,(H,17,20). The van der Waals surface area contributed by atoms with Crippen molar-refractivity contribution >= 4 is 16.1 Å². The average molecular weight is 343 g/mol. The van der Waals surface area contributed by atoms with Crippen LogP contribution in [0.25, 0.3) is 0 Å². The molecule has 1 aromatic carbocycles. The molecule has 23 heavy (non-hydrogen) atoms. The van der Waals surface area contributed by atoms with Crippen molar-refractivity contribution in [3.05, 3.63) is 30.1 Å². The van der Waals surface area contributed by atoms with Crippen molar-refractivity contribution in [2.45, 2.75) is 18.7 Å². The lowest BCUT2D eigenvalue weighted by Gasteiger charge is -2.34. The quantitative estimate of drug-likeness (QED) is 0.901. The number of carbonyl (C=O) groups is 1. The fraction of sp³-hybridized carbons (Fsp3) is 0.533. The molecule has 2 rings (SSSR count). The molecule has 6 nitrogen and oxygen atoms in total. The van der Waals surface area contributed by atoms with Crippen LogP contribution in [-0.4, -0.2) is 56.4 Å². The first-order valence-electron chi connectivity index (χ1n) is 7.60. The summed E-state index contributed by atoms with van der Waals surface area (Å²) in [7, 11) is -3.87. The lowest BCUT2D eigenvalue weighted by atomic mass is 10.2. The van der Waals surface area contributed by atoms with E-state index in [0.717, 1.165) is 6.07 Å². The lowest BCUT2D eigenvalue weighted by molar-refractivity contribution is 0.171. The molecule has 0 aliphatic carbocycles. The van der Waals surface area contributed by atoms with Gasteiger partial charge in [0.2, 0.25) is 10.0 Å². The summed E-state index contributed by atoms with van der Waals surface area (Å²) in [5.74, 6) is -0.411. The van der Waals surface area contributed by atoms with Crippen molar-refractivity contribution in [3.63, 3.8) is 0 Å². The van der Waals surface area contributed by atoms with E-state index in [1.165, 1.54) is 22.5 Å². The van der Waals surface area contributed by atoms with E-state index in [2.05, 4.69) is 5.32 Å². The van der Waals surface area contributed by atoms with Gasteiger partial charge >= 0.3 is 6.03 Å². The molecule has 1 saturated heterocycles.